The molecule has 0 amide bonds. The Morgan fingerprint density at radius 2 is 2.31 bits per heavy atom. The molecule has 0 aliphatic carbocycles. The zero-order chi connectivity index (χ0) is 11.9. The molecule has 0 fully saturated rings. The summed E-state index contributed by atoms with van der Waals surface area (Å²) in [5.74, 6) is -0.960. The summed E-state index contributed by atoms with van der Waals surface area (Å²) >= 11 is 0. The number of carbonyl (C=O) groups is 1. The van der Waals surface area contributed by atoms with Gasteiger partial charge in [0.1, 0.15) is 0 Å². The smallest absolute Gasteiger partial charge is 0.309 e. The highest BCUT2D eigenvalue weighted by Crippen LogP contribution is 2.12. The largest absolute Gasteiger partial charge is 0.481 e. The van der Waals surface area contributed by atoms with E-state index in [9.17, 15) is 9.59 Å². The average Bonchev–Trinajstić information content (AvgIpc) is 2.45. The molecule has 0 bridgehead atoms. The second kappa shape index (κ2) is 3.48. The highest BCUT2D eigenvalue weighted by atomic mass is 16.4. The van der Waals surface area contributed by atoms with Crippen molar-refractivity contribution in [2.24, 2.45) is 7.05 Å². The van der Waals surface area contributed by atoms with Crippen molar-refractivity contribution in [3.05, 3.63) is 27.7 Å². The van der Waals surface area contributed by atoms with Crippen molar-refractivity contribution < 1.29 is 9.90 Å². The Balaban J connectivity index is 2.70. The van der Waals surface area contributed by atoms with Gasteiger partial charge < -0.3 is 5.11 Å². The lowest BCUT2D eigenvalue weighted by molar-refractivity contribution is -0.136. The SMILES string of the molecule is Cc1cc(CC(=O)O)nc2c(=O)n(C)[nH]c12. The zero-order valence-electron chi connectivity index (χ0n) is 8.94. The summed E-state index contributed by atoms with van der Waals surface area (Å²) in [6, 6.07) is 1.67. The number of hydrogen-bond acceptors (Lipinski definition) is 3. The van der Waals surface area contributed by atoms with Gasteiger partial charge in [-0.1, -0.05) is 0 Å². The number of carboxylic acid groups (broad SMARTS) is 1. The van der Waals surface area contributed by atoms with Gasteiger partial charge in [0.15, 0.2) is 5.52 Å². The predicted octanol–water partition coefficient (Wildman–Crippen LogP) is 0.197. The third kappa shape index (κ3) is 1.58. The normalized spacial score (nSPS) is 10.9. The van der Waals surface area contributed by atoms with Crippen molar-refractivity contribution >= 4 is 17.0 Å². The number of aliphatic carboxylic acids is 1. The van der Waals surface area contributed by atoms with Gasteiger partial charge in [0.25, 0.3) is 5.56 Å². The first-order chi connectivity index (χ1) is 7.49. The molecular weight excluding hydrogens is 210 g/mol. The number of carboxylic acids is 1. The van der Waals surface area contributed by atoms with Crippen LogP contribution in [-0.4, -0.2) is 25.8 Å². The minimum atomic E-state index is -0.960. The first-order valence-corrected chi connectivity index (χ1v) is 4.76. The predicted molar refractivity (Wildman–Crippen MR) is 57.4 cm³/mol. The van der Waals surface area contributed by atoms with Gasteiger partial charge in [0.2, 0.25) is 0 Å². The van der Waals surface area contributed by atoms with E-state index in [1.807, 2.05) is 6.92 Å². The molecule has 16 heavy (non-hydrogen) atoms. The van der Waals surface area contributed by atoms with Crippen molar-refractivity contribution in [3.63, 3.8) is 0 Å². The van der Waals surface area contributed by atoms with E-state index in [0.29, 0.717) is 16.7 Å². The van der Waals surface area contributed by atoms with E-state index < -0.39 is 5.97 Å². The molecule has 6 heteroatoms. The van der Waals surface area contributed by atoms with E-state index >= 15 is 0 Å². The van der Waals surface area contributed by atoms with Crippen LogP contribution >= 0.6 is 0 Å². The van der Waals surface area contributed by atoms with Crippen molar-refractivity contribution in [1.29, 1.82) is 0 Å². The third-order valence-electron chi connectivity index (χ3n) is 2.39. The Labute approximate surface area is 90.5 Å². The number of aromatic amines is 1. The fourth-order valence-corrected chi connectivity index (χ4v) is 1.66. The van der Waals surface area contributed by atoms with Crippen LogP contribution in [0.5, 0.6) is 0 Å². The van der Waals surface area contributed by atoms with E-state index in [1.165, 1.54) is 4.68 Å². The maximum Gasteiger partial charge on any atom is 0.309 e. The number of nitrogens with one attached hydrogen (secondary N) is 1. The molecular formula is C10H11N3O3. The third-order valence-corrected chi connectivity index (χ3v) is 2.39. The number of fused-ring (bicyclic) bond motifs is 1. The van der Waals surface area contributed by atoms with E-state index in [1.54, 1.807) is 13.1 Å². The van der Waals surface area contributed by atoms with Gasteiger partial charge in [-0.2, -0.15) is 0 Å². The number of pyridine rings is 1. The van der Waals surface area contributed by atoms with Gasteiger partial charge >= 0.3 is 5.97 Å². The molecule has 0 aromatic carbocycles. The highest BCUT2D eigenvalue weighted by Gasteiger charge is 2.11. The Morgan fingerprint density at radius 1 is 1.62 bits per heavy atom. The zero-order valence-corrected chi connectivity index (χ0v) is 8.94. The minimum absolute atomic E-state index is 0.175. The van der Waals surface area contributed by atoms with E-state index in [-0.39, 0.29) is 12.0 Å². The Bertz CT molecular complexity index is 624. The maximum atomic E-state index is 11.6. The van der Waals surface area contributed by atoms with E-state index in [2.05, 4.69) is 10.1 Å². The number of aryl methyl sites for hydroxylation is 2. The number of rotatable bonds is 2. The average molecular weight is 221 g/mol. The van der Waals surface area contributed by atoms with Crippen LogP contribution in [0.4, 0.5) is 0 Å². The first kappa shape index (κ1) is 10.4. The molecule has 0 saturated carbocycles. The molecule has 0 radical (unpaired) electrons. The van der Waals surface area contributed by atoms with Crippen molar-refractivity contribution in [1.82, 2.24) is 14.8 Å². The van der Waals surface area contributed by atoms with Crippen molar-refractivity contribution in [3.8, 4) is 0 Å². The van der Waals surface area contributed by atoms with Gasteiger partial charge in [-0.3, -0.25) is 19.4 Å². The second-order valence-corrected chi connectivity index (χ2v) is 3.70. The van der Waals surface area contributed by atoms with Crippen LogP contribution < -0.4 is 5.56 Å². The van der Waals surface area contributed by atoms with Crippen LogP contribution in [0, 0.1) is 6.92 Å². The Kier molecular flexibility index (Phi) is 2.26. The minimum Gasteiger partial charge on any atom is -0.481 e. The molecule has 0 aliphatic rings. The number of hydrogen-bond donors (Lipinski definition) is 2. The molecule has 0 aliphatic heterocycles. The molecule has 2 aromatic heterocycles. The summed E-state index contributed by atoms with van der Waals surface area (Å²) in [6.45, 7) is 1.81. The summed E-state index contributed by atoms with van der Waals surface area (Å²) in [4.78, 5) is 26.3. The van der Waals surface area contributed by atoms with Gasteiger partial charge in [0.05, 0.1) is 17.6 Å². The molecule has 0 unspecified atom stereocenters. The molecule has 2 aromatic rings. The van der Waals surface area contributed by atoms with Crippen molar-refractivity contribution in [2.45, 2.75) is 13.3 Å². The van der Waals surface area contributed by atoms with Gasteiger partial charge in [-0.15, -0.1) is 0 Å². The molecule has 6 nitrogen and oxygen atoms in total. The van der Waals surface area contributed by atoms with Crippen LogP contribution in [0.25, 0.3) is 11.0 Å². The second-order valence-electron chi connectivity index (χ2n) is 3.70. The molecule has 2 rings (SSSR count). The summed E-state index contributed by atoms with van der Waals surface area (Å²) in [6.07, 6.45) is -0.175. The number of nitrogens with zero attached hydrogens (tertiary/aromatic N) is 2. The topological polar surface area (TPSA) is 88.0 Å². The Morgan fingerprint density at radius 3 is 2.94 bits per heavy atom. The van der Waals surface area contributed by atoms with Gasteiger partial charge in [-0.25, -0.2) is 4.98 Å². The lowest BCUT2D eigenvalue weighted by Gasteiger charge is -1.99. The maximum absolute atomic E-state index is 11.6. The van der Waals surface area contributed by atoms with Gasteiger partial charge in [0, 0.05) is 7.05 Å². The fraction of sp³-hybridized carbons (Fsp3) is 0.300. The molecule has 0 saturated heterocycles. The monoisotopic (exact) mass is 221 g/mol. The lowest BCUT2D eigenvalue weighted by Crippen LogP contribution is -2.12. The molecule has 0 spiro atoms. The van der Waals surface area contributed by atoms with E-state index in [4.69, 9.17) is 5.11 Å². The Hall–Kier alpha value is -2.11. The van der Waals surface area contributed by atoms with Crippen LogP contribution in [0.15, 0.2) is 10.9 Å². The highest BCUT2D eigenvalue weighted by molar-refractivity contribution is 5.78. The summed E-state index contributed by atoms with van der Waals surface area (Å²) < 4.78 is 1.33. The molecule has 0 atom stereocenters. The summed E-state index contributed by atoms with van der Waals surface area (Å²) in [7, 11) is 1.60. The first-order valence-electron chi connectivity index (χ1n) is 4.76. The van der Waals surface area contributed by atoms with Crippen LogP contribution in [0.3, 0.4) is 0 Å². The van der Waals surface area contributed by atoms with Crippen LogP contribution in [0.2, 0.25) is 0 Å². The van der Waals surface area contributed by atoms with Gasteiger partial charge in [-0.05, 0) is 18.6 Å². The van der Waals surface area contributed by atoms with Crippen LogP contribution in [-0.2, 0) is 18.3 Å². The number of H-pyrrole nitrogens is 1. The fourth-order valence-electron chi connectivity index (χ4n) is 1.66. The molecule has 2 heterocycles. The molecule has 2 N–H and O–H groups in total. The van der Waals surface area contributed by atoms with Crippen LogP contribution in [0.1, 0.15) is 11.3 Å². The quantitative estimate of drug-likeness (QED) is 0.758. The van der Waals surface area contributed by atoms with Crippen molar-refractivity contribution in [2.75, 3.05) is 0 Å². The molecule has 84 valence electrons. The standard InChI is InChI=1S/C10H11N3O3/c1-5-3-6(4-7(14)15)11-9-8(5)12-13(2)10(9)16/h3,12H,4H2,1-2H3,(H,14,15). The summed E-state index contributed by atoms with van der Waals surface area (Å²) in [5.41, 5.74) is 1.92. The number of aromatic nitrogens is 3. The summed E-state index contributed by atoms with van der Waals surface area (Å²) in [5, 5.41) is 11.5. The van der Waals surface area contributed by atoms with E-state index in [0.717, 1.165) is 5.56 Å². The lowest BCUT2D eigenvalue weighted by atomic mass is 10.2.